The van der Waals surface area contributed by atoms with Gasteiger partial charge in [0.25, 0.3) is 0 Å². The number of aliphatic hydroxyl groups excluding tert-OH is 1. The van der Waals surface area contributed by atoms with Gasteiger partial charge in [-0.2, -0.15) is 0 Å². The maximum atomic E-state index is 13.1. The first-order valence-electron chi connectivity index (χ1n) is 41.4. The van der Waals surface area contributed by atoms with E-state index in [1.165, 1.54) is 109 Å². The molecule has 0 aromatic carbocycles. The van der Waals surface area contributed by atoms with Gasteiger partial charge in [0.2, 0.25) is 0 Å². The van der Waals surface area contributed by atoms with E-state index in [0.29, 0.717) is 32.1 Å². The van der Waals surface area contributed by atoms with Crippen LogP contribution in [0.25, 0.3) is 0 Å². The molecule has 3 N–H and O–H groups in total. The highest BCUT2D eigenvalue weighted by molar-refractivity contribution is 7.47. The van der Waals surface area contributed by atoms with Crippen LogP contribution in [-0.2, 0) is 65.4 Å². The van der Waals surface area contributed by atoms with Crippen molar-refractivity contribution in [3.63, 3.8) is 0 Å². The molecule has 0 spiro atoms. The Morgan fingerprint density at radius 2 is 0.509 bits per heavy atom. The average Bonchev–Trinajstić information content (AvgIpc) is 0.903. The molecule has 608 valence electrons. The number of carbonyl (C=O) groups is 4. The van der Waals surface area contributed by atoms with Crippen LogP contribution in [0.3, 0.4) is 0 Å². The van der Waals surface area contributed by atoms with E-state index < -0.39 is 97.5 Å². The number of phosphoric ester groups is 2. The minimum absolute atomic E-state index is 0.0391. The Kier molecular flexibility index (Phi) is 74.8. The molecule has 0 saturated heterocycles. The molecular formula is C87H148O17P2. The second kappa shape index (κ2) is 78.3. The van der Waals surface area contributed by atoms with Gasteiger partial charge < -0.3 is 33.8 Å². The number of allylic oxidation sites excluding steroid dienone is 22. The molecule has 2 unspecified atom stereocenters. The quantitative estimate of drug-likeness (QED) is 0.0169. The number of carbonyl (C=O) groups excluding carboxylic acids is 4. The molecule has 0 aromatic rings. The van der Waals surface area contributed by atoms with Crippen LogP contribution < -0.4 is 0 Å². The van der Waals surface area contributed by atoms with Crippen LogP contribution in [0.2, 0.25) is 0 Å². The van der Waals surface area contributed by atoms with Crippen molar-refractivity contribution in [3.8, 4) is 0 Å². The normalized spacial score (nSPS) is 14.5. The molecule has 0 fully saturated rings. The van der Waals surface area contributed by atoms with Crippen LogP contribution in [0.4, 0.5) is 0 Å². The molecule has 0 rings (SSSR count). The van der Waals surface area contributed by atoms with Gasteiger partial charge in [-0.1, -0.05) is 309 Å². The summed E-state index contributed by atoms with van der Waals surface area (Å²) in [6.45, 7) is 4.62. The summed E-state index contributed by atoms with van der Waals surface area (Å²) >= 11 is 0. The predicted molar refractivity (Wildman–Crippen MR) is 436 cm³/mol. The fraction of sp³-hybridized carbons (Fsp3) is 0.701. The Bertz CT molecular complexity index is 2530. The zero-order valence-corrected chi connectivity index (χ0v) is 68.4. The monoisotopic (exact) mass is 1530 g/mol. The highest BCUT2D eigenvalue weighted by atomic mass is 31.2. The van der Waals surface area contributed by atoms with Crippen molar-refractivity contribution in [2.45, 2.75) is 354 Å². The minimum Gasteiger partial charge on any atom is -0.462 e. The maximum absolute atomic E-state index is 13.1. The average molecular weight is 1530 g/mol. The van der Waals surface area contributed by atoms with Crippen LogP contribution >= 0.6 is 15.6 Å². The van der Waals surface area contributed by atoms with Gasteiger partial charge in [-0.3, -0.25) is 37.3 Å². The lowest BCUT2D eigenvalue weighted by atomic mass is 10.0. The van der Waals surface area contributed by atoms with Gasteiger partial charge >= 0.3 is 39.5 Å². The van der Waals surface area contributed by atoms with Crippen molar-refractivity contribution in [2.75, 3.05) is 39.6 Å². The van der Waals surface area contributed by atoms with Gasteiger partial charge in [-0.25, -0.2) is 9.13 Å². The Labute approximate surface area is 644 Å². The summed E-state index contributed by atoms with van der Waals surface area (Å²) in [4.78, 5) is 73.1. The number of phosphoric acid groups is 2. The third-order valence-corrected chi connectivity index (χ3v) is 19.0. The molecule has 0 saturated carbocycles. The lowest BCUT2D eigenvalue weighted by Gasteiger charge is -2.21. The molecule has 0 bridgehead atoms. The summed E-state index contributed by atoms with van der Waals surface area (Å²) in [5.41, 5.74) is 0. The number of ether oxygens (including phenoxy) is 4. The summed E-state index contributed by atoms with van der Waals surface area (Å²) in [5, 5.41) is 10.7. The smallest absolute Gasteiger partial charge is 0.462 e. The van der Waals surface area contributed by atoms with Crippen LogP contribution in [0, 0.1) is 0 Å². The van der Waals surface area contributed by atoms with Crippen molar-refractivity contribution in [2.24, 2.45) is 0 Å². The lowest BCUT2D eigenvalue weighted by molar-refractivity contribution is -0.161. The SMILES string of the molecule is CC/C=C\C/C=C\C/C=C\C/C=C\C/C=C\CCCCCC(=O)OC[C@H](COP(=O)(O)OC[C@@H](O)COP(=O)(O)OC[C@@H](COC(=O)CCCCCCCCC/C=C\CCCCCC)OC(=O)CCCCCCCCCCCCCCC)OC(=O)CC/C=C\C/C=C\C/C=C\C/C=C\C/C=C\CCCCC. The van der Waals surface area contributed by atoms with E-state index >= 15 is 0 Å². The van der Waals surface area contributed by atoms with Gasteiger partial charge in [-0.05, 0) is 135 Å². The van der Waals surface area contributed by atoms with Gasteiger partial charge in [0.1, 0.15) is 19.3 Å². The van der Waals surface area contributed by atoms with E-state index in [0.717, 1.165) is 141 Å². The molecule has 17 nitrogen and oxygen atoms in total. The Hall–Kier alpha value is -4.80. The highest BCUT2D eigenvalue weighted by Crippen LogP contribution is 2.45. The first kappa shape index (κ1) is 101. The summed E-state index contributed by atoms with van der Waals surface area (Å²) in [5.74, 6) is -2.30. The molecule has 0 heterocycles. The minimum atomic E-state index is -5.01. The summed E-state index contributed by atoms with van der Waals surface area (Å²) in [6, 6.07) is 0. The number of aliphatic hydroxyl groups is 1. The number of esters is 4. The molecule has 19 heteroatoms. The number of unbranched alkanes of at least 4 members (excludes halogenated alkanes) is 29. The van der Waals surface area contributed by atoms with E-state index in [-0.39, 0.29) is 25.7 Å². The largest absolute Gasteiger partial charge is 0.472 e. The zero-order chi connectivity index (χ0) is 77.4. The van der Waals surface area contributed by atoms with Crippen LogP contribution in [0.15, 0.2) is 134 Å². The summed E-state index contributed by atoms with van der Waals surface area (Å²) in [6.07, 6.45) is 88.6. The lowest BCUT2D eigenvalue weighted by Crippen LogP contribution is -2.30. The van der Waals surface area contributed by atoms with Gasteiger partial charge in [0.05, 0.1) is 26.4 Å². The van der Waals surface area contributed by atoms with Crippen molar-refractivity contribution >= 4 is 39.5 Å². The first-order valence-corrected chi connectivity index (χ1v) is 44.4. The third-order valence-electron chi connectivity index (χ3n) is 17.1. The zero-order valence-electron chi connectivity index (χ0n) is 66.6. The molecule has 106 heavy (non-hydrogen) atoms. The van der Waals surface area contributed by atoms with Gasteiger partial charge in [0, 0.05) is 25.7 Å². The fourth-order valence-electron chi connectivity index (χ4n) is 10.8. The van der Waals surface area contributed by atoms with Crippen LogP contribution in [0.5, 0.6) is 0 Å². The molecule has 0 amide bonds. The first-order chi connectivity index (χ1) is 51.7. The van der Waals surface area contributed by atoms with E-state index in [4.69, 9.17) is 37.0 Å². The Morgan fingerprint density at radius 3 is 0.858 bits per heavy atom. The van der Waals surface area contributed by atoms with E-state index in [1.807, 2.05) is 18.2 Å². The topological polar surface area (TPSA) is 237 Å². The number of rotatable bonds is 77. The molecule has 5 atom stereocenters. The standard InChI is InChI=1S/C87H148O17P2/c1-5-9-13-17-21-25-29-33-36-38-40-42-45-49-52-56-60-64-68-72-85(90)98-78-83(104-87(92)74-70-66-62-58-54-50-46-43-41-39-37-34-30-26-22-18-14-10-6-2)80-102-106(95,96)100-76-81(88)75-99-105(93,94)101-79-82(103-86(91)73-69-65-61-57-53-47-32-28-24-20-16-12-8-4)77-97-84(89)71-67-63-59-55-51-48-44-35-31-27-23-19-15-11-7-3/h9,13,21-22,25-27,31,33-34,36-37,40-43,49-50,52,54,62,66,81-83,88H,5-8,10-12,14-20,23-24,28-30,32,35,38-39,44-48,51,53,55-61,63-65,67-80H2,1-4H3,(H,93,94)(H,95,96)/b13-9-,25-21-,26-22-,31-27-,36-33-,37-34-,42-40-,43-41-,52-49-,54-50-,66-62-/t81-,82+,83+/m0/s1. The van der Waals surface area contributed by atoms with Gasteiger partial charge in [0.15, 0.2) is 12.2 Å². The molecule has 0 aromatic heterocycles. The molecule has 0 aliphatic carbocycles. The van der Waals surface area contributed by atoms with Crippen LogP contribution in [0.1, 0.15) is 336 Å². The van der Waals surface area contributed by atoms with Gasteiger partial charge in [-0.15, -0.1) is 0 Å². The van der Waals surface area contributed by atoms with E-state index in [2.05, 4.69) is 143 Å². The Balaban J connectivity index is 5.46. The van der Waals surface area contributed by atoms with E-state index in [1.54, 1.807) is 0 Å². The van der Waals surface area contributed by atoms with E-state index in [9.17, 15) is 43.2 Å². The Morgan fingerprint density at radius 1 is 0.274 bits per heavy atom. The molecule has 0 aliphatic rings. The van der Waals surface area contributed by atoms with Crippen molar-refractivity contribution in [3.05, 3.63) is 134 Å². The summed E-state index contributed by atoms with van der Waals surface area (Å²) < 4.78 is 68.6. The second-order valence-corrected chi connectivity index (χ2v) is 30.2. The second-order valence-electron chi connectivity index (χ2n) is 27.3. The van der Waals surface area contributed by atoms with Crippen LogP contribution in [-0.4, -0.2) is 96.7 Å². The van der Waals surface area contributed by atoms with Crippen molar-refractivity contribution < 1.29 is 80.2 Å². The van der Waals surface area contributed by atoms with Crippen molar-refractivity contribution in [1.82, 2.24) is 0 Å². The molecule has 0 radical (unpaired) electrons. The maximum Gasteiger partial charge on any atom is 0.472 e. The molecule has 0 aliphatic heterocycles. The molecular weight excluding hydrogens is 1380 g/mol. The van der Waals surface area contributed by atoms with Crippen molar-refractivity contribution in [1.29, 1.82) is 0 Å². The summed E-state index contributed by atoms with van der Waals surface area (Å²) in [7, 11) is -10.00. The third kappa shape index (κ3) is 77.4. The fourth-order valence-corrected chi connectivity index (χ4v) is 12.4. The number of hydrogen-bond donors (Lipinski definition) is 3. The number of hydrogen-bond acceptors (Lipinski definition) is 15. The highest BCUT2D eigenvalue weighted by Gasteiger charge is 2.30. The predicted octanol–water partition coefficient (Wildman–Crippen LogP) is 24.4.